The lowest BCUT2D eigenvalue weighted by Gasteiger charge is -2.25. The van der Waals surface area contributed by atoms with Gasteiger partial charge in [0.05, 0.1) is 16.9 Å². The van der Waals surface area contributed by atoms with E-state index >= 15 is 0 Å². The summed E-state index contributed by atoms with van der Waals surface area (Å²) in [5.41, 5.74) is 7.44. The van der Waals surface area contributed by atoms with Gasteiger partial charge in [0.1, 0.15) is 0 Å². The lowest BCUT2D eigenvalue weighted by molar-refractivity contribution is 0.565. The first kappa shape index (κ1) is 15.8. The molecular weight excluding hydrogens is 292 g/mol. The van der Waals surface area contributed by atoms with Crippen LogP contribution in [-0.2, 0) is 9.84 Å². The van der Waals surface area contributed by atoms with Crippen molar-refractivity contribution in [1.82, 2.24) is 0 Å². The summed E-state index contributed by atoms with van der Waals surface area (Å²) >= 11 is 6.68. The third-order valence-electron chi connectivity index (χ3n) is 5.02. The van der Waals surface area contributed by atoms with E-state index in [1.54, 1.807) is 0 Å². The van der Waals surface area contributed by atoms with Crippen LogP contribution in [-0.4, -0.2) is 19.9 Å². The predicted molar refractivity (Wildman–Crippen MR) is 85.5 cm³/mol. The van der Waals surface area contributed by atoms with E-state index in [1.807, 2.05) is 0 Å². The average molecular weight is 315 g/mol. The molecule has 1 aliphatic rings. The van der Waals surface area contributed by atoms with Gasteiger partial charge in [-0.15, -0.1) is 11.6 Å². The lowest BCUT2D eigenvalue weighted by atomic mass is 9.85. The molecule has 0 bridgehead atoms. The standard InChI is InChI=1S/C16H23ClO2S/c1-9-10(2)12(4)15(13(5)11(9)3)16(17)14-6-7-20(18,19)8-14/h14,16H,6-8H2,1-5H3. The second kappa shape index (κ2) is 5.34. The minimum atomic E-state index is -2.89. The normalized spacial score (nSPS) is 23.0. The van der Waals surface area contributed by atoms with Crippen LogP contribution in [0.4, 0.5) is 0 Å². The summed E-state index contributed by atoms with van der Waals surface area (Å²) in [5.74, 6) is 0.551. The summed E-state index contributed by atoms with van der Waals surface area (Å²) < 4.78 is 23.4. The fourth-order valence-electron chi connectivity index (χ4n) is 3.23. The van der Waals surface area contributed by atoms with E-state index < -0.39 is 9.84 Å². The van der Waals surface area contributed by atoms with Crippen molar-refractivity contribution in [2.75, 3.05) is 11.5 Å². The first-order valence-electron chi connectivity index (χ1n) is 7.07. The minimum Gasteiger partial charge on any atom is -0.229 e. The van der Waals surface area contributed by atoms with Crippen molar-refractivity contribution < 1.29 is 8.42 Å². The molecule has 0 aromatic heterocycles. The smallest absolute Gasteiger partial charge is 0.150 e. The van der Waals surface area contributed by atoms with Crippen LogP contribution in [0.5, 0.6) is 0 Å². The summed E-state index contributed by atoms with van der Waals surface area (Å²) in [7, 11) is -2.89. The molecule has 0 N–H and O–H groups in total. The van der Waals surface area contributed by atoms with Gasteiger partial charge in [-0.25, -0.2) is 8.42 Å². The van der Waals surface area contributed by atoms with Crippen molar-refractivity contribution >= 4 is 21.4 Å². The molecule has 1 saturated heterocycles. The molecule has 20 heavy (non-hydrogen) atoms. The third kappa shape index (κ3) is 2.62. The quantitative estimate of drug-likeness (QED) is 0.775. The summed E-state index contributed by atoms with van der Waals surface area (Å²) in [6.07, 6.45) is 0.682. The van der Waals surface area contributed by atoms with Crippen LogP contribution in [0.1, 0.15) is 45.2 Å². The molecule has 0 amide bonds. The Morgan fingerprint density at radius 1 is 0.950 bits per heavy atom. The zero-order valence-electron chi connectivity index (χ0n) is 12.9. The average Bonchev–Trinajstić information content (AvgIpc) is 2.74. The van der Waals surface area contributed by atoms with E-state index in [1.165, 1.54) is 27.8 Å². The zero-order valence-corrected chi connectivity index (χ0v) is 14.5. The number of halogens is 1. The molecule has 0 saturated carbocycles. The Kier molecular flexibility index (Phi) is 4.23. The van der Waals surface area contributed by atoms with E-state index in [4.69, 9.17) is 11.6 Å². The van der Waals surface area contributed by atoms with Crippen LogP contribution in [0.15, 0.2) is 0 Å². The van der Waals surface area contributed by atoms with Gasteiger partial charge in [0.25, 0.3) is 0 Å². The van der Waals surface area contributed by atoms with Gasteiger partial charge in [-0.1, -0.05) is 0 Å². The van der Waals surface area contributed by atoms with E-state index in [0.29, 0.717) is 6.42 Å². The molecule has 1 fully saturated rings. The maximum Gasteiger partial charge on any atom is 0.150 e. The SMILES string of the molecule is Cc1c(C)c(C)c(C(Cl)C2CCS(=O)(=O)C2)c(C)c1C. The molecule has 0 spiro atoms. The number of hydrogen-bond donors (Lipinski definition) is 0. The lowest BCUT2D eigenvalue weighted by Crippen LogP contribution is -2.14. The van der Waals surface area contributed by atoms with Crippen LogP contribution in [0.3, 0.4) is 0 Å². The van der Waals surface area contributed by atoms with Crippen molar-refractivity contribution in [2.24, 2.45) is 5.92 Å². The van der Waals surface area contributed by atoms with Crippen LogP contribution in [0.2, 0.25) is 0 Å². The van der Waals surface area contributed by atoms with Gasteiger partial charge in [0.15, 0.2) is 9.84 Å². The Bertz CT molecular complexity index is 618. The molecule has 2 atom stereocenters. The van der Waals surface area contributed by atoms with E-state index in [-0.39, 0.29) is 22.8 Å². The zero-order chi connectivity index (χ0) is 15.2. The van der Waals surface area contributed by atoms with Gasteiger partial charge in [-0.2, -0.15) is 0 Å². The first-order chi connectivity index (χ1) is 9.15. The fraction of sp³-hybridized carbons (Fsp3) is 0.625. The molecule has 4 heteroatoms. The Hall–Kier alpha value is -0.540. The second-order valence-corrected chi connectivity index (χ2v) is 8.80. The number of sulfone groups is 1. The maximum atomic E-state index is 11.7. The summed E-state index contributed by atoms with van der Waals surface area (Å²) in [5, 5.41) is -0.203. The molecular formula is C16H23ClO2S. The van der Waals surface area contributed by atoms with E-state index in [0.717, 1.165) is 5.56 Å². The maximum absolute atomic E-state index is 11.7. The van der Waals surface area contributed by atoms with E-state index in [9.17, 15) is 8.42 Å². The van der Waals surface area contributed by atoms with Gasteiger partial charge < -0.3 is 0 Å². The summed E-state index contributed by atoms with van der Waals surface area (Å²) in [4.78, 5) is 0. The highest BCUT2D eigenvalue weighted by molar-refractivity contribution is 7.91. The molecule has 1 heterocycles. The predicted octanol–water partition coefficient (Wildman–Crippen LogP) is 3.94. The molecule has 2 nitrogen and oxygen atoms in total. The molecule has 1 aromatic carbocycles. The first-order valence-corrected chi connectivity index (χ1v) is 9.33. The third-order valence-corrected chi connectivity index (χ3v) is 7.38. The summed E-state index contributed by atoms with van der Waals surface area (Å²) in [6.45, 7) is 10.6. The van der Waals surface area contributed by atoms with Crippen LogP contribution in [0, 0.1) is 40.5 Å². The highest BCUT2D eigenvalue weighted by Gasteiger charge is 2.35. The molecule has 112 valence electrons. The number of hydrogen-bond acceptors (Lipinski definition) is 2. The van der Waals surface area contributed by atoms with Gasteiger partial charge in [-0.3, -0.25) is 0 Å². The van der Waals surface area contributed by atoms with Crippen molar-refractivity contribution in [3.05, 3.63) is 33.4 Å². The van der Waals surface area contributed by atoms with Crippen molar-refractivity contribution in [3.63, 3.8) is 0 Å². The largest absolute Gasteiger partial charge is 0.229 e. The number of rotatable bonds is 2. The van der Waals surface area contributed by atoms with Gasteiger partial charge in [-0.05, 0) is 80.3 Å². The molecule has 2 rings (SSSR count). The Labute approximate surface area is 127 Å². The molecule has 0 radical (unpaired) electrons. The topological polar surface area (TPSA) is 34.1 Å². The summed E-state index contributed by atoms with van der Waals surface area (Å²) in [6, 6.07) is 0. The van der Waals surface area contributed by atoms with Gasteiger partial charge in [0.2, 0.25) is 0 Å². The molecule has 0 aliphatic carbocycles. The van der Waals surface area contributed by atoms with Crippen LogP contribution < -0.4 is 0 Å². The highest BCUT2D eigenvalue weighted by atomic mass is 35.5. The highest BCUT2D eigenvalue weighted by Crippen LogP contribution is 2.41. The van der Waals surface area contributed by atoms with Crippen molar-refractivity contribution in [3.8, 4) is 0 Å². The minimum absolute atomic E-state index is 0.0422. The van der Waals surface area contributed by atoms with Crippen molar-refractivity contribution in [1.29, 1.82) is 0 Å². The Morgan fingerprint density at radius 2 is 1.40 bits per heavy atom. The Morgan fingerprint density at radius 3 is 1.80 bits per heavy atom. The van der Waals surface area contributed by atoms with Crippen molar-refractivity contribution in [2.45, 2.75) is 46.4 Å². The van der Waals surface area contributed by atoms with Crippen LogP contribution in [0.25, 0.3) is 0 Å². The second-order valence-electron chi connectivity index (χ2n) is 6.10. The van der Waals surface area contributed by atoms with Crippen LogP contribution >= 0.6 is 11.6 Å². The fourth-order valence-corrected chi connectivity index (χ4v) is 5.72. The Balaban J connectivity index is 2.48. The number of alkyl halides is 1. The molecule has 1 aliphatic heterocycles. The van der Waals surface area contributed by atoms with Gasteiger partial charge in [0, 0.05) is 0 Å². The monoisotopic (exact) mass is 314 g/mol. The number of benzene rings is 1. The molecule has 2 unspecified atom stereocenters. The van der Waals surface area contributed by atoms with Gasteiger partial charge >= 0.3 is 0 Å². The molecule has 1 aromatic rings. The van der Waals surface area contributed by atoms with E-state index in [2.05, 4.69) is 34.6 Å².